The predicted octanol–water partition coefficient (Wildman–Crippen LogP) is 4.78. The van der Waals surface area contributed by atoms with E-state index >= 15 is 0 Å². The van der Waals surface area contributed by atoms with Crippen molar-refractivity contribution in [1.82, 2.24) is 10.3 Å². The van der Waals surface area contributed by atoms with Crippen LogP contribution in [0.15, 0.2) is 48.7 Å². The van der Waals surface area contributed by atoms with E-state index in [2.05, 4.69) is 10.3 Å². The Bertz CT molecular complexity index is 826. The highest BCUT2D eigenvalue weighted by atomic mass is 19.4. The summed E-state index contributed by atoms with van der Waals surface area (Å²) in [5.74, 6) is 1.01. The number of hydrogen-bond acceptors (Lipinski definition) is 3. The van der Waals surface area contributed by atoms with Gasteiger partial charge < -0.3 is 10.1 Å². The first-order valence-electron chi connectivity index (χ1n) is 9.06. The van der Waals surface area contributed by atoms with E-state index in [-0.39, 0.29) is 11.9 Å². The molecule has 1 aliphatic rings. The summed E-state index contributed by atoms with van der Waals surface area (Å²) >= 11 is 0. The van der Waals surface area contributed by atoms with Gasteiger partial charge in [0.05, 0.1) is 30.1 Å². The first kappa shape index (κ1) is 19.9. The third kappa shape index (κ3) is 5.84. The van der Waals surface area contributed by atoms with Gasteiger partial charge in [-0.15, -0.1) is 0 Å². The van der Waals surface area contributed by atoms with Gasteiger partial charge in [-0.05, 0) is 61.6 Å². The lowest BCUT2D eigenvalue weighted by Crippen LogP contribution is -2.25. The highest BCUT2D eigenvalue weighted by Crippen LogP contribution is 2.30. The third-order valence-corrected chi connectivity index (χ3v) is 4.41. The fourth-order valence-corrected chi connectivity index (χ4v) is 2.52. The molecule has 1 heterocycles. The van der Waals surface area contributed by atoms with Crippen LogP contribution in [0.3, 0.4) is 0 Å². The standard InChI is InChI=1S/C21H21F3N2O2/c1-14(19-10-9-18(12-25-19)28-13-16-2-3-16)26-20(27)11-6-15-4-7-17(8-5-15)21(22,23)24/h4-12,14,16H,2-3,13H2,1H3,(H,26,27)/b11-6+/t14-/m1/s1. The molecule has 0 bridgehead atoms. The minimum Gasteiger partial charge on any atom is -0.492 e. The van der Waals surface area contributed by atoms with Crippen LogP contribution in [0.2, 0.25) is 0 Å². The lowest BCUT2D eigenvalue weighted by Gasteiger charge is -2.13. The van der Waals surface area contributed by atoms with E-state index in [9.17, 15) is 18.0 Å². The van der Waals surface area contributed by atoms with Gasteiger partial charge in [0.1, 0.15) is 5.75 Å². The third-order valence-electron chi connectivity index (χ3n) is 4.41. The summed E-state index contributed by atoms with van der Waals surface area (Å²) in [6, 6.07) is 7.91. The molecule has 1 aromatic heterocycles. The van der Waals surface area contributed by atoms with E-state index in [1.807, 2.05) is 6.07 Å². The number of hydrogen-bond donors (Lipinski definition) is 1. The van der Waals surface area contributed by atoms with Crippen molar-refractivity contribution in [2.24, 2.45) is 5.92 Å². The fourth-order valence-electron chi connectivity index (χ4n) is 2.52. The van der Waals surface area contributed by atoms with Crippen LogP contribution < -0.4 is 10.1 Å². The second kappa shape index (κ2) is 8.46. The molecular weight excluding hydrogens is 369 g/mol. The number of alkyl halides is 3. The van der Waals surface area contributed by atoms with Gasteiger partial charge in [0.25, 0.3) is 0 Å². The molecule has 1 aromatic carbocycles. The summed E-state index contributed by atoms with van der Waals surface area (Å²) in [5, 5.41) is 2.77. The molecule has 1 saturated carbocycles. The van der Waals surface area contributed by atoms with Crippen LogP contribution in [-0.2, 0) is 11.0 Å². The van der Waals surface area contributed by atoms with Gasteiger partial charge in [-0.1, -0.05) is 12.1 Å². The Balaban J connectivity index is 1.51. The molecule has 0 radical (unpaired) electrons. The number of carbonyl (C=O) groups excluding carboxylic acids is 1. The smallest absolute Gasteiger partial charge is 0.416 e. The molecular formula is C21H21F3N2O2. The van der Waals surface area contributed by atoms with Crippen molar-refractivity contribution in [3.05, 3.63) is 65.5 Å². The summed E-state index contributed by atoms with van der Waals surface area (Å²) in [6.45, 7) is 2.51. The Hall–Kier alpha value is -2.83. The van der Waals surface area contributed by atoms with Gasteiger partial charge in [0, 0.05) is 6.08 Å². The fraction of sp³-hybridized carbons (Fsp3) is 0.333. The highest BCUT2D eigenvalue weighted by Gasteiger charge is 2.29. The van der Waals surface area contributed by atoms with Crippen molar-refractivity contribution in [2.45, 2.75) is 32.0 Å². The van der Waals surface area contributed by atoms with E-state index in [1.54, 1.807) is 19.2 Å². The van der Waals surface area contributed by atoms with Crippen LogP contribution in [0.4, 0.5) is 13.2 Å². The first-order chi connectivity index (χ1) is 13.3. The van der Waals surface area contributed by atoms with Crippen molar-refractivity contribution >= 4 is 12.0 Å². The molecule has 0 saturated heterocycles. The van der Waals surface area contributed by atoms with Crippen LogP contribution in [0.25, 0.3) is 6.08 Å². The number of rotatable bonds is 7. The Morgan fingerprint density at radius 3 is 2.54 bits per heavy atom. The average Bonchev–Trinajstić information content (AvgIpc) is 3.49. The number of halogens is 3. The topological polar surface area (TPSA) is 51.2 Å². The number of pyridine rings is 1. The second-order valence-corrected chi connectivity index (χ2v) is 6.86. The Morgan fingerprint density at radius 1 is 1.25 bits per heavy atom. The maximum Gasteiger partial charge on any atom is 0.416 e. The monoisotopic (exact) mass is 390 g/mol. The molecule has 1 fully saturated rings. The first-order valence-corrected chi connectivity index (χ1v) is 9.06. The number of nitrogens with zero attached hydrogens (tertiary/aromatic N) is 1. The van der Waals surface area contributed by atoms with Gasteiger partial charge >= 0.3 is 6.18 Å². The number of benzene rings is 1. The Kier molecular flexibility index (Phi) is 6.02. The summed E-state index contributed by atoms with van der Waals surface area (Å²) < 4.78 is 43.3. The molecule has 1 amide bonds. The van der Waals surface area contributed by atoms with Crippen LogP contribution in [-0.4, -0.2) is 17.5 Å². The van der Waals surface area contributed by atoms with E-state index in [4.69, 9.17) is 4.74 Å². The number of aromatic nitrogens is 1. The van der Waals surface area contributed by atoms with E-state index in [1.165, 1.54) is 37.1 Å². The quantitative estimate of drug-likeness (QED) is 0.693. The lowest BCUT2D eigenvalue weighted by atomic mass is 10.1. The van der Waals surface area contributed by atoms with Crippen LogP contribution in [0, 0.1) is 5.92 Å². The second-order valence-electron chi connectivity index (χ2n) is 6.86. The Labute approximate surface area is 161 Å². The molecule has 1 atom stereocenters. The number of ether oxygens (including phenoxy) is 1. The van der Waals surface area contributed by atoms with Gasteiger partial charge in [-0.25, -0.2) is 0 Å². The summed E-state index contributed by atoms with van der Waals surface area (Å²) in [6.07, 6.45) is 2.44. The van der Waals surface area contributed by atoms with Crippen LogP contribution in [0.5, 0.6) is 5.75 Å². The molecule has 0 unspecified atom stereocenters. The zero-order chi connectivity index (χ0) is 20.1. The zero-order valence-electron chi connectivity index (χ0n) is 15.4. The number of nitrogens with one attached hydrogen (secondary N) is 1. The van der Waals surface area contributed by atoms with Crippen molar-refractivity contribution < 1.29 is 22.7 Å². The zero-order valence-corrected chi connectivity index (χ0v) is 15.4. The van der Waals surface area contributed by atoms with Crippen LogP contribution >= 0.6 is 0 Å². The minimum absolute atomic E-state index is 0.317. The molecule has 0 aliphatic heterocycles. The minimum atomic E-state index is -4.37. The number of amides is 1. The molecule has 148 valence electrons. The molecule has 1 aliphatic carbocycles. The van der Waals surface area contributed by atoms with E-state index in [0.29, 0.717) is 29.5 Å². The van der Waals surface area contributed by atoms with Crippen molar-refractivity contribution in [1.29, 1.82) is 0 Å². The number of carbonyl (C=O) groups is 1. The van der Waals surface area contributed by atoms with Gasteiger partial charge in [0.2, 0.25) is 5.91 Å². The molecule has 3 rings (SSSR count). The molecule has 2 aromatic rings. The molecule has 0 spiro atoms. The van der Waals surface area contributed by atoms with Crippen molar-refractivity contribution in [3.8, 4) is 5.75 Å². The van der Waals surface area contributed by atoms with E-state index < -0.39 is 11.7 Å². The van der Waals surface area contributed by atoms with Crippen molar-refractivity contribution in [3.63, 3.8) is 0 Å². The summed E-state index contributed by atoms with van der Waals surface area (Å²) in [5.41, 5.74) is 0.472. The largest absolute Gasteiger partial charge is 0.492 e. The lowest BCUT2D eigenvalue weighted by molar-refractivity contribution is -0.137. The van der Waals surface area contributed by atoms with Gasteiger partial charge in [0.15, 0.2) is 0 Å². The maximum atomic E-state index is 12.5. The molecule has 28 heavy (non-hydrogen) atoms. The predicted molar refractivity (Wildman–Crippen MR) is 99.5 cm³/mol. The highest BCUT2D eigenvalue weighted by molar-refractivity contribution is 5.91. The van der Waals surface area contributed by atoms with Crippen LogP contribution in [0.1, 0.15) is 42.6 Å². The van der Waals surface area contributed by atoms with Gasteiger partial charge in [-0.2, -0.15) is 13.2 Å². The van der Waals surface area contributed by atoms with E-state index in [0.717, 1.165) is 12.1 Å². The normalized spacial score (nSPS) is 15.4. The summed E-state index contributed by atoms with van der Waals surface area (Å²) in [7, 11) is 0. The SMILES string of the molecule is C[C@@H](NC(=O)/C=C/c1ccc(C(F)(F)F)cc1)c1ccc(OCC2CC2)cn1. The molecule has 1 N–H and O–H groups in total. The molecule has 7 heteroatoms. The summed E-state index contributed by atoms with van der Waals surface area (Å²) in [4.78, 5) is 16.4. The molecule has 4 nitrogen and oxygen atoms in total. The average molecular weight is 390 g/mol. The van der Waals surface area contributed by atoms with Crippen molar-refractivity contribution in [2.75, 3.05) is 6.61 Å². The van der Waals surface area contributed by atoms with Gasteiger partial charge in [-0.3, -0.25) is 9.78 Å². The maximum absolute atomic E-state index is 12.5. The Morgan fingerprint density at radius 2 is 1.96 bits per heavy atom.